The van der Waals surface area contributed by atoms with Crippen LogP contribution in [0.3, 0.4) is 0 Å². The fraction of sp³-hybridized carbons (Fsp3) is 0.684. The van der Waals surface area contributed by atoms with E-state index in [4.69, 9.17) is 0 Å². The van der Waals surface area contributed by atoms with Gasteiger partial charge in [0.05, 0.1) is 0 Å². The van der Waals surface area contributed by atoms with E-state index in [0.29, 0.717) is 6.04 Å². The summed E-state index contributed by atoms with van der Waals surface area (Å²) in [6, 6.07) is 11.4. The van der Waals surface area contributed by atoms with Gasteiger partial charge in [-0.2, -0.15) is 0 Å². The first-order valence-electron chi connectivity index (χ1n) is 8.46. The minimum atomic E-state index is 0.630. The minimum Gasteiger partial charge on any atom is -0.314 e. The van der Waals surface area contributed by atoms with Crippen molar-refractivity contribution in [1.82, 2.24) is 5.32 Å². The topological polar surface area (TPSA) is 12.0 Å². The zero-order chi connectivity index (χ0) is 14.6. The Hall–Kier alpha value is -0.820. The van der Waals surface area contributed by atoms with Crippen LogP contribution in [0.15, 0.2) is 30.3 Å². The quantitative estimate of drug-likeness (QED) is 0.547. The van der Waals surface area contributed by atoms with Gasteiger partial charge >= 0.3 is 0 Å². The Bertz CT molecular complexity index is 318. The monoisotopic (exact) mass is 275 g/mol. The summed E-state index contributed by atoms with van der Waals surface area (Å²) in [5.41, 5.74) is 1.45. The Morgan fingerprint density at radius 3 is 2.25 bits per heavy atom. The van der Waals surface area contributed by atoms with E-state index in [1.165, 1.54) is 57.1 Å². The number of unbranched alkanes of at least 4 members (excludes halogenated alkanes) is 3. The normalized spacial score (nSPS) is 12.8. The molecule has 0 heterocycles. The van der Waals surface area contributed by atoms with Gasteiger partial charge in [0.25, 0.3) is 0 Å². The molecule has 0 aromatic heterocycles. The molecule has 0 bridgehead atoms. The van der Waals surface area contributed by atoms with Gasteiger partial charge < -0.3 is 5.32 Å². The maximum atomic E-state index is 3.65. The summed E-state index contributed by atoms with van der Waals surface area (Å²) < 4.78 is 0. The van der Waals surface area contributed by atoms with Crippen LogP contribution >= 0.6 is 0 Å². The standard InChI is InChI=1S/C19H33N/c1-17(2)11-7-4-5-10-16-20-18(3)14-15-19-12-8-6-9-13-19/h6,8-9,12-13,17-18,20H,4-5,7,10-11,14-16H2,1-3H3. The SMILES string of the molecule is CC(C)CCCCCCNC(C)CCc1ccccc1. The Balaban J connectivity index is 1.94. The van der Waals surface area contributed by atoms with Crippen LogP contribution < -0.4 is 5.32 Å². The molecule has 20 heavy (non-hydrogen) atoms. The van der Waals surface area contributed by atoms with Gasteiger partial charge in [-0.3, -0.25) is 0 Å². The van der Waals surface area contributed by atoms with E-state index in [1.54, 1.807) is 0 Å². The van der Waals surface area contributed by atoms with Crippen molar-refractivity contribution in [2.75, 3.05) is 6.54 Å². The second-order valence-electron chi connectivity index (χ2n) is 6.48. The number of rotatable bonds is 11. The summed E-state index contributed by atoms with van der Waals surface area (Å²) in [5.74, 6) is 0.867. The van der Waals surface area contributed by atoms with Gasteiger partial charge in [-0.1, -0.05) is 69.9 Å². The van der Waals surface area contributed by atoms with Crippen molar-refractivity contribution in [2.45, 2.75) is 71.8 Å². The third kappa shape index (κ3) is 9.14. The Labute approximate surface area is 126 Å². The maximum absolute atomic E-state index is 3.65. The number of hydrogen-bond acceptors (Lipinski definition) is 1. The highest BCUT2D eigenvalue weighted by atomic mass is 14.9. The molecule has 1 nitrogen and oxygen atoms in total. The first-order chi connectivity index (χ1) is 9.68. The molecule has 0 amide bonds. The van der Waals surface area contributed by atoms with Crippen LogP contribution in [0.1, 0.15) is 64.9 Å². The average molecular weight is 275 g/mol. The third-order valence-corrected chi connectivity index (χ3v) is 3.91. The second kappa shape index (κ2) is 10.9. The van der Waals surface area contributed by atoms with Gasteiger partial charge in [0, 0.05) is 6.04 Å². The van der Waals surface area contributed by atoms with Crippen LogP contribution in [0.25, 0.3) is 0 Å². The molecule has 0 spiro atoms. The van der Waals surface area contributed by atoms with E-state index >= 15 is 0 Å². The summed E-state index contributed by atoms with van der Waals surface area (Å²) in [6.45, 7) is 8.12. The smallest absolute Gasteiger partial charge is 0.00418 e. The van der Waals surface area contributed by atoms with E-state index in [2.05, 4.69) is 56.4 Å². The van der Waals surface area contributed by atoms with Gasteiger partial charge in [0.2, 0.25) is 0 Å². The molecule has 114 valence electrons. The molecule has 0 radical (unpaired) electrons. The van der Waals surface area contributed by atoms with Gasteiger partial charge in [-0.05, 0) is 44.2 Å². The lowest BCUT2D eigenvalue weighted by molar-refractivity contribution is 0.479. The lowest BCUT2D eigenvalue weighted by atomic mass is 10.0. The lowest BCUT2D eigenvalue weighted by Gasteiger charge is -2.13. The number of hydrogen-bond donors (Lipinski definition) is 1. The molecule has 1 N–H and O–H groups in total. The molecule has 0 aliphatic heterocycles. The Morgan fingerprint density at radius 2 is 1.55 bits per heavy atom. The molecule has 0 saturated carbocycles. The van der Waals surface area contributed by atoms with E-state index in [9.17, 15) is 0 Å². The molecule has 1 unspecified atom stereocenters. The zero-order valence-corrected chi connectivity index (χ0v) is 13.7. The molecule has 1 aromatic carbocycles. The van der Waals surface area contributed by atoms with Crippen LogP contribution in [0.4, 0.5) is 0 Å². The minimum absolute atomic E-state index is 0.630. The summed E-state index contributed by atoms with van der Waals surface area (Å²) in [7, 11) is 0. The predicted molar refractivity (Wildman–Crippen MR) is 90.2 cm³/mol. The third-order valence-electron chi connectivity index (χ3n) is 3.91. The summed E-state index contributed by atoms with van der Waals surface area (Å²) in [4.78, 5) is 0. The van der Waals surface area contributed by atoms with Gasteiger partial charge in [0.15, 0.2) is 0 Å². The van der Waals surface area contributed by atoms with E-state index < -0.39 is 0 Å². The fourth-order valence-electron chi connectivity index (χ4n) is 2.51. The summed E-state index contributed by atoms with van der Waals surface area (Å²) in [5, 5.41) is 3.65. The molecular weight excluding hydrogens is 242 g/mol. The van der Waals surface area contributed by atoms with Gasteiger partial charge in [-0.25, -0.2) is 0 Å². The fourth-order valence-corrected chi connectivity index (χ4v) is 2.51. The van der Waals surface area contributed by atoms with Crippen LogP contribution in [0.5, 0.6) is 0 Å². The first kappa shape index (κ1) is 17.2. The first-order valence-corrected chi connectivity index (χ1v) is 8.46. The van der Waals surface area contributed by atoms with Crippen LogP contribution in [0, 0.1) is 5.92 Å². The number of aryl methyl sites for hydroxylation is 1. The molecule has 1 heteroatoms. The van der Waals surface area contributed by atoms with Crippen molar-refractivity contribution in [2.24, 2.45) is 5.92 Å². The Morgan fingerprint density at radius 1 is 0.850 bits per heavy atom. The highest BCUT2D eigenvalue weighted by Crippen LogP contribution is 2.09. The van der Waals surface area contributed by atoms with Gasteiger partial charge in [-0.15, -0.1) is 0 Å². The van der Waals surface area contributed by atoms with Crippen LogP contribution in [-0.4, -0.2) is 12.6 Å². The summed E-state index contributed by atoms with van der Waals surface area (Å²) in [6.07, 6.45) is 9.32. The molecule has 1 atom stereocenters. The second-order valence-corrected chi connectivity index (χ2v) is 6.48. The van der Waals surface area contributed by atoms with Crippen LogP contribution in [-0.2, 0) is 6.42 Å². The Kier molecular flexibility index (Phi) is 9.40. The van der Waals surface area contributed by atoms with Crippen molar-refractivity contribution in [1.29, 1.82) is 0 Å². The number of nitrogens with one attached hydrogen (secondary N) is 1. The molecule has 0 aliphatic carbocycles. The highest BCUT2D eigenvalue weighted by Gasteiger charge is 2.01. The highest BCUT2D eigenvalue weighted by molar-refractivity contribution is 5.14. The van der Waals surface area contributed by atoms with E-state index in [0.717, 1.165) is 5.92 Å². The molecule has 0 aliphatic rings. The van der Waals surface area contributed by atoms with Crippen molar-refractivity contribution in [3.8, 4) is 0 Å². The average Bonchev–Trinajstić information content (AvgIpc) is 2.45. The maximum Gasteiger partial charge on any atom is 0.00418 e. The molecular formula is C19H33N. The van der Waals surface area contributed by atoms with E-state index in [1.807, 2.05) is 0 Å². The predicted octanol–water partition coefficient (Wildman–Crippen LogP) is 5.20. The largest absolute Gasteiger partial charge is 0.314 e. The molecule has 1 rings (SSSR count). The number of benzene rings is 1. The molecule has 0 saturated heterocycles. The van der Waals surface area contributed by atoms with Gasteiger partial charge in [0.1, 0.15) is 0 Å². The van der Waals surface area contributed by atoms with Crippen LogP contribution in [0.2, 0.25) is 0 Å². The summed E-state index contributed by atoms with van der Waals surface area (Å²) >= 11 is 0. The van der Waals surface area contributed by atoms with Crippen molar-refractivity contribution in [3.63, 3.8) is 0 Å². The lowest BCUT2D eigenvalue weighted by Crippen LogP contribution is -2.27. The van der Waals surface area contributed by atoms with Crippen molar-refractivity contribution in [3.05, 3.63) is 35.9 Å². The molecule has 1 aromatic rings. The van der Waals surface area contributed by atoms with Crippen molar-refractivity contribution >= 4 is 0 Å². The van der Waals surface area contributed by atoms with Crippen molar-refractivity contribution < 1.29 is 0 Å². The van der Waals surface area contributed by atoms with E-state index in [-0.39, 0.29) is 0 Å². The zero-order valence-electron chi connectivity index (χ0n) is 13.7. The molecule has 0 fully saturated rings.